The highest BCUT2D eigenvalue weighted by atomic mass is 35.5. The monoisotopic (exact) mass is 390 g/mol. The third-order valence-corrected chi connectivity index (χ3v) is 6.36. The van der Waals surface area contributed by atoms with Crippen molar-refractivity contribution in [1.29, 1.82) is 0 Å². The molecule has 2 aromatic carbocycles. The number of aliphatic hydroxyl groups excluding tert-OH is 1. The fraction of sp³-hybridized carbons (Fsp3) is 0.211. The van der Waals surface area contributed by atoms with E-state index in [4.69, 9.17) is 16.7 Å². The normalized spacial score (nSPS) is 11.7. The lowest BCUT2D eigenvalue weighted by Gasteiger charge is -2.04. The second-order valence-corrected chi connectivity index (χ2v) is 8.57. The van der Waals surface area contributed by atoms with Crippen molar-refractivity contribution < 1.29 is 13.5 Å². The fourth-order valence-corrected chi connectivity index (χ4v) is 4.06. The third kappa shape index (κ3) is 3.98. The Morgan fingerprint density at radius 1 is 1.08 bits per heavy atom. The lowest BCUT2D eigenvalue weighted by molar-refractivity contribution is 0.295. The molecule has 0 spiro atoms. The molecule has 2 N–H and O–H groups in total. The van der Waals surface area contributed by atoms with Crippen LogP contribution in [-0.2, 0) is 9.84 Å². The van der Waals surface area contributed by atoms with Crippen molar-refractivity contribution in [1.82, 2.24) is 10.2 Å². The highest BCUT2D eigenvalue weighted by Gasteiger charge is 2.14. The molecule has 136 valence electrons. The summed E-state index contributed by atoms with van der Waals surface area (Å²) in [5.74, 6) is -0.0643. The number of rotatable bonds is 6. The number of aryl methyl sites for hydroxylation is 1. The van der Waals surface area contributed by atoms with Crippen molar-refractivity contribution in [3.05, 3.63) is 59.1 Å². The van der Waals surface area contributed by atoms with Crippen LogP contribution in [-0.4, -0.2) is 36.1 Å². The first-order valence-corrected chi connectivity index (χ1v) is 10.2. The SMILES string of the molecule is Cc1ccc(-c2cc(-c3ccc(S(=O)(=O)CCCO)cc3)[nH]n2)cc1Cl. The zero-order chi connectivity index (χ0) is 18.7. The highest BCUT2D eigenvalue weighted by Crippen LogP contribution is 2.27. The van der Waals surface area contributed by atoms with E-state index in [9.17, 15) is 8.42 Å². The first kappa shape index (κ1) is 18.6. The summed E-state index contributed by atoms with van der Waals surface area (Å²) in [4.78, 5) is 0.250. The van der Waals surface area contributed by atoms with Crippen LogP contribution in [0, 0.1) is 6.92 Å². The van der Waals surface area contributed by atoms with E-state index in [0.717, 1.165) is 28.1 Å². The van der Waals surface area contributed by atoms with Gasteiger partial charge < -0.3 is 5.11 Å². The Morgan fingerprint density at radius 2 is 1.77 bits per heavy atom. The topological polar surface area (TPSA) is 83.0 Å². The minimum Gasteiger partial charge on any atom is -0.396 e. The van der Waals surface area contributed by atoms with Crippen LogP contribution in [0.15, 0.2) is 53.4 Å². The maximum absolute atomic E-state index is 12.1. The van der Waals surface area contributed by atoms with Crippen molar-refractivity contribution in [3.8, 4) is 22.5 Å². The Labute approximate surface area is 157 Å². The van der Waals surface area contributed by atoms with Crippen LogP contribution in [0.5, 0.6) is 0 Å². The van der Waals surface area contributed by atoms with Crippen LogP contribution < -0.4 is 0 Å². The van der Waals surface area contributed by atoms with Gasteiger partial charge in [0.2, 0.25) is 0 Å². The van der Waals surface area contributed by atoms with Gasteiger partial charge in [0.05, 0.1) is 22.0 Å². The number of nitrogens with one attached hydrogen (secondary N) is 1. The first-order valence-electron chi connectivity index (χ1n) is 8.17. The summed E-state index contributed by atoms with van der Waals surface area (Å²) in [6.45, 7) is 1.80. The Hall–Kier alpha value is -2.15. The van der Waals surface area contributed by atoms with E-state index in [1.54, 1.807) is 24.3 Å². The van der Waals surface area contributed by atoms with Gasteiger partial charge in [-0.3, -0.25) is 5.10 Å². The van der Waals surface area contributed by atoms with Crippen molar-refractivity contribution in [2.75, 3.05) is 12.4 Å². The zero-order valence-corrected chi connectivity index (χ0v) is 15.8. The van der Waals surface area contributed by atoms with Gasteiger partial charge in [-0.15, -0.1) is 0 Å². The van der Waals surface area contributed by atoms with Gasteiger partial charge in [-0.2, -0.15) is 5.10 Å². The minimum atomic E-state index is -3.37. The molecule has 0 saturated heterocycles. The molecule has 3 aromatic rings. The van der Waals surface area contributed by atoms with Crippen molar-refractivity contribution in [2.45, 2.75) is 18.2 Å². The summed E-state index contributed by atoms with van der Waals surface area (Å²) in [6.07, 6.45) is 0.229. The highest BCUT2D eigenvalue weighted by molar-refractivity contribution is 7.91. The number of nitrogens with zero attached hydrogens (tertiary/aromatic N) is 1. The van der Waals surface area contributed by atoms with Crippen LogP contribution in [0.25, 0.3) is 22.5 Å². The van der Waals surface area contributed by atoms with Crippen molar-refractivity contribution >= 4 is 21.4 Å². The third-order valence-electron chi connectivity index (χ3n) is 4.14. The van der Waals surface area contributed by atoms with Gasteiger partial charge in [0.25, 0.3) is 0 Å². The maximum atomic E-state index is 12.1. The van der Waals surface area contributed by atoms with Crippen molar-refractivity contribution in [2.24, 2.45) is 0 Å². The van der Waals surface area contributed by atoms with E-state index in [2.05, 4.69) is 10.2 Å². The fourth-order valence-electron chi connectivity index (χ4n) is 2.58. The second kappa shape index (κ2) is 7.61. The number of sulfone groups is 1. The number of hydrogen-bond donors (Lipinski definition) is 2. The largest absolute Gasteiger partial charge is 0.396 e. The van der Waals surface area contributed by atoms with Crippen LogP contribution >= 0.6 is 11.6 Å². The van der Waals surface area contributed by atoms with Gasteiger partial charge in [-0.25, -0.2) is 8.42 Å². The standard InChI is InChI=1S/C19H19ClN2O3S/c1-13-3-4-15(11-17(13)20)19-12-18(21-22-19)14-5-7-16(8-6-14)26(24,25)10-2-9-23/h3-8,11-12,23H,2,9-10H2,1H3,(H,21,22). The Balaban J connectivity index is 1.84. The van der Waals surface area contributed by atoms with Crippen LogP contribution in [0.4, 0.5) is 0 Å². The molecule has 0 saturated carbocycles. The van der Waals surface area contributed by atoms with Gasteiger partial charge >= 0.3 is 0 Å². The second-order valence-electron chi connectivity index (χ2n) is 6.05. The molecule has 1 heterocycles. The molecular formula is C19H19ClN2O3S. The van der Waals surface area contributed by atoms with E-state index in [-0.39, 0.29) is 23.7 Å². The number of aromatic nitrogens is 2. The summed E-state index contributed by atoms with van der Waals surface area (Å²) >= 11 is 6.17. The minimum absolute atomic E-state index is 0.0643. The Bertz CT molecular complexity index is 1010. The van der Waals surface area contributed by atoms with Crippen LogP contribution in [0.2, 0.25) is 5.02 Å². The number of aliphatic hydroxyl groups is 1. The molecule has 3 rings (SSSR count). The smallest absolute Gasteiger partial charge is 0.178 e. The predicted octanol–water partition coefficient (Wildman–Crippen LogP) is 3.86. The molecule has 0 amide bonds. The van der Waals surface area contributed by atoms with E-state index in [1.807, 2.05) is 31.2 Å². The van der Waals surface area contributed by atoms with E-state index in [1.165, 1.54) is 0 Å². The molecule has 0 radical (unpaired) electrons. The molecule has 0 bridgehead atoms. The lowest BCUT2D eigenvalue weighted by Crippen LogP contribution is -2.08. The molecule has 0 aliphatic rings. The number of aromatic amines is 1. The van der Waals surface area contributed by atoms with Crippen molar-refractivity contribution in [3.63, 3.8) is 0 Å². The molecule has 7 heteroatoms. The Morgan fingerprint density at radius 3 is 2.42 bits per heavy atom. The molecule has 0 fully saturated rings. The molecule has 0 unspecified atom stereocenters. The number of H-pyrrole nitrogens is 1. The maximum Gasteiger partial charge on any atom is 0.178 e. The summed E-state index contributed by atoms with van der Waals surface area (Å²) in [7, 11) is -3.37. The first-order chi connectivity index (χ1) is 12.4. The Kier molecular flexibility index (Phi) is 5.46. The van der Waals surface area contributed by atoms with Gasteiger partial charge in [0.15, 0.2) is 9.84 Å². The molecule has 0 aliphatic carbocycles. The van der Waals surface area contributed by atoms with Crippen LogP contribution in [0.3, 0.4) is 0 Å². The van der Waals surface area contributed by atoms with E-state index < -0.39 is 9.84 Å². The average Bonchev–Trinajstić information content (AvgIpc) is 3.12. The summed E-state index contributed by atoms with van der Waals surface area (Å²) in [6, 6.07) is 14.3. The number of hydrogen-bond acceptors (Lipinski definition) is 4. The summed E-state index contributed by atoms with van der Waals surface area (Å²) in [5, 5.41) is 16.8. The predicted molar refractivity (Wildman–Crippen MR) is 103 cm³/mol. The zero-order valence-electron chi connectivity index (χ0n) is 14.2. The molecule has 5 nitrogen and oxygen atoms in total. The van der Waals surface area contributed by atoms with Gasteiger partial charge in [0.1, 0.15) is 0 Å². The summed E-state index contributed by atoms with van der Waals surface area (Å²) in [5.41, 5.74) is 4.30. The van der Waals surface area contributed by atoms with E-state index >= 15 is 0 Å². The number of benzene rings is 2. The number of halogens is 1. The average molecular weight is 391 g/mol. The van der Waals surface area contributed by atoms with Gasteiger partial charge in [0, 0.05) is 17.2 Å². The van der Waals surface area contributed by atoms with Gasteiger partial charge in [-0.05, 0) is 48.7 Å². The molecule has 0 atom stereocenters. The van der Waals surface area contributed by atoms with Crippen LogP contribution in [0.1, 0.15) is 12.0 Å². The molecule has 1 aromatic heterocycles. The quantitative estimate of drug-likeness (QED) is 0.669. The summed E-state index contributed by atoms with van der Waals surface area (Å²) < 4.78 is 24.3. The van der Waals surface area contributed by atoms with E-state index in [0.29, 0.717) is 5.02 Å². The lowest BCUT2D eigenvalue weighted by atomic mass is 10.1. The van der Waals surface area contributed by atoms with Gasteiger partial charge in [-0.1, -0.05) is 35.9 Å². The molecule has 26 heavy (non-hydrogen) atoms. The molecular weight excluding hydrogens is 372 g/mol. The molecule has 0 aliphatic heterocycles.